The second-order valence-electron chi connectivity index (χ2n) is 6.11. The molecule has 0 unspecified atom stereocenters. The third kappa shape index (κ3) is 3.17. The van der Waals surface area contributed by atoms with E-state index in [-0.39, 0.29) is 6.04 Å². The van der Waals surface area contributed by atoms with Gasteiger partial charge in [0.1, 0.15) is 12.4 Å². The Hall–Kier alpha value is -2.75. The number of methoxy groups -OCH3 is 3. The lowest BCUT2D eigenvalue weighted by molar-refractivity contribution is 0.320. The Balaban J connectivity index is 1.87. The second-order valence-corrected chi connectivity index (χ2v) is 7.35. The number of nitrogens with one attached hydrogen (secondary N) is 1. The van der Waals surface area contributed by atoms with Gasteiger partial charge in [0.25, 0.3) is 0 Å². The molecule has 7 nitrogen and oxygen atoms in total. The fraction of sp³-hybridized carbons (Fsp3) is 0.200. The average Bonchev–Trinajstić information content (AvgIpc) is 3.21. The van der Waals surface area contributed by atoms with Crippen molar-refractivity contribution in [3.05, 3.63) is 63.5 Å². The van der Waals surface area contributed by atoms with Crippen molar-refractivity contribution in [2.45, 2.75) is 6.04 Å². The van der Waals surface area contributed by atoms with Crippen molar-refractivity contribution in [3.63, 3.8) is 0 Å². The van der Waals surface area contributed by atoms with Crippen LogP contribution >= 0.6 is 22.6 Å². The monoisotopic (exact) mass is 490 g/mol. The van der Waals surface area contributed by atoms with Crippen LogP contribution in [0.4, 0.5) is 5.95 Å². The summed E-state index contributed by atoms with van der Waals surface area (Å²) in [5, 5.41) is 7.75. The fourth-order valence-corrected chi connectivity index (χ4v) is 3.67. The van der Waals surface area contributed by atoms with Gasteiger partial charge in [0.05, 0.1) is 21.3 Å². The molecule has 4 rings (SSSR count). The van der Waals surface area contributed by atoms with Crippen molar-refractivity contribution in [2.75, 3.05) is 26.6 Å². The standard InChI is InChI=1S/C20H19IN4O3/c1-26-17-9-8-14(18(27-2)19(17)28-3)16-10-15(12-4-6-13(21)7-5-12)24-20-22-11-23-25(16)20/h4-11,16H,1-3H3,(H,22,23,24)/t16-/m1/s1. The number of benzene rings is 2. The highest BCUT2D eigenvalue weighted by atomic mass is 127. The van der Waals surface area contributed by atoms with Crippen molar-refractivity contribution in [2.24, 2.45) is 0 Å². The maximum atomic E-state index is 5.69. The SMILES string of the molecule is COc1ccc([C@H]2C=C(c3ccc(I)cc3)Nc3ncnn32)c(OC)c1OC. The molecule has 0 bridgehead atoms. The Kier molecular flexibility index (Phi) is 5.12. The Morgan fingerprint density at radius 2 is 1.71 bits per heavy atom. The summed E-state index contributed by atoms with van der Waals surface area (Å²) in [6, 6.07) is 11.9. The highest BCUT2D eigenvalue weighted by Crippen LogP contribution is 2.45. The van der Waals surface area contributed by atoms with Crippen molar-refractivity contribution >= 4 is 34.2 Å². The van der Waals surface area contributed by atoms with E-state index in [1.165, 1.54) is 9.90 Å². The van der Waals surface area contributed by atoms with Gasteiger partial charge in [-0.3, -0.25) is 0 Å². The maximum Gasteiger partial charge on any atom is 0.226 e. The number of allylic oxidation sites excluding steroid dienone is 1. The number of fused-ring (bicyclic) bond motifs is 1. The number of hydrogen-bond donors (Lipinski definition) is 1. The number of ether oxygens (including phenoxy) is 3. The van der Waals surface area contributed by atoms with Crippen LogP contribution in [0.25, 0.3) is 5.70 Å². The van der Waals surface area contributed by atoms with E-state index in [2.05, 4.69) is 68.3 Å². The van der Waals surface area contributed by atoms with Gasteiger partial charge >= 0.3 is 0 Å². The summed E-state index contributed by atoms with van der Waals surface area (Å²) >= 11 is 2.30. The fourth-order valence-electron chi connectivity index (χ4n) is 3.31. The zero-order valence-corrected chi connectivity index (χ0v) is 17.8. The van der Waals surface area contributed by atoms with Gasteiger partial charge in [-0.05, 0) is 58.5 Å². The summed E-state index contributed by atoms with van der Waals surface area (Å²) in [5.74, 6) is 2.43. The van der Waals surface area contributed by atoms with Gasteiger partial charge in [0.15, 0.2) is 11.5 Å². The lowest BCUT2D eigenvalue weighted by atomic mass is 10.00. The van der Waals surface area contributed by atoms with E-state index in [1.54, 1.807) is 21.3 Å². The van der Waals surface area contributed by atoms with Gasteiger partial charge in [-0.15, -0.1) is 0 Å². The van der Waals surface area contributed by atoms with Crippen LogP contribution in [0.15, 0.2) is 48.8 Å². The second kappa shape index (κ2) is 7.70. The van der Waals surface area contributed by atoms with Gasteiger partial charge in [-0.1, -0.05) is 12.1 Å². The molecule has 0 amide bonds. The molecule has 144 valence electrons. The molecule has 1 atom stereocenters. The van der Waals surface area contributed by atoms with Crippen LogP contribution < -0.4 is 19.5 Å². The summed E-state index contributed by atoms with van der Waals surface area (Å²) in [6.07, 6.45) is 3.64. The molecule has 2 aromatic carbocycles. The van der Waals surface area contributed by atoms with Gasteiger partial charge in [-0.2, -0.15) is 10.1 Å². The Labute approximate surface area is 176 Å². The molecule has 0 spiro atoms. The largest absolute Gasteiger partial charge is 0.493 e. The molecule has 0 fully saturated rings. The van der Waals surface area contributed by atoms with Gasteiger partial charge in [0, 0.05) is 14.8 Å². The maximum absolute atomic E-state index is 5.69. The number of aromatic nitrogens is 3. The minimum absolute atomic E-state index is 0.220. The van der Waals surface area contributed by atoms with E-state index in [4.69, 9.17) is 14.2 Å². The van der Waals surface area contributed by atoms with Crippen LogP contribution in [-0.2, 0) is 0 Å². The number of nitrogens with zero attached hydrogens (tertiary/aromatic N) is 3. The van der Waals surface area contributed by atoms with Gasteiger partial charge in [0.2, 0.25) is 11.7 Å². The van der Waals surface area contributed by atoms with Crippen LogP contribution in [0.2, 0.25) is 0 Å². The first-order chi connectivity index (χ1) is 13.7. The van der Waals surface area contributed by atoms with Crippen LogP contribution in [0.1, 0.15) is 17.2 Å². The molecule has 0 radical (unpaired) electrons. The van der Waals surface area contributed by atoms with E-state index in [0.29, 0.717) is 23.2 Å². The molecular formula is C20H19IN4O3. The molecule has 28 heavy (non-hydrogen) atoms. The molecule has 0 aliphatic carbocycles. The highest BCUT2D eigenvalue weighted by molar-refractivity contribution is 14.1. The quantitative estimate of drug-likeness (QED) is 0.547. The van der Waals surface area contributed by atoms with E-state index >= 15 is 0 Å². The van der Waals surface area contributed by atoms with Gasteiger partial charge in [-0.25, -0.2) is 4.68 Å². The summed E-state index contributed by atoms with van der Waals surface area (Å²) in [6.45, 7) is 0. The van der Waals surface area contributed by atoms with E-state index < -0.39 is 0 Å². The molecule has 1 aliphatic rings. The molecule has 2 heterocycles. The van der Waals surface area contributed by atoms with E-state index in [1.807, 2.05) is 16.8 Å². The number of rotatable bonds is 5. The topological polar surface area (TPSA) is 70.4 Å². The predicted molar refractivity (Wildman–Crippen MR) is 115 cm³/mol. The van der Waals surface area contributed by atoms with Crippen molar-refractivity contribution < 1.29 is 14.2 Å². The smallest absolute Gasteiger partial charge is 0.226 e. The third-order valence-electron chi connectivity index (χ3n) is 4.62. The lowest BCUT2D eigenvalue weighted by Gasteiger charge is -2.26. The number of hydrogen-bond acceptors (Lipinski definition) is 6. The molecule has 8 heteroatoms. The first kappa shape index (κ1) is 18.6. The summed E-state index contributed by atoms with van der Waals surface area (Å²) < 4.78 is 19.7. The number of anilines is 1. The summed E-state index contributed by atoms with van der Waals surface area (Å²) in [7, 11) is 4.82. The summed E-state index contributed by atoms with van der Waals surface area (Å²) in [4.78, 5) is 4.36. The minimum Gasteiger partial charge on any atom is -0.493 e. The first-order valence-corrected chi connectivity index (χ1v) is 9.67. The molecule has 0 saturated carbocycles. The first-order valence-electron chi connectivity index (χ1n) is 8.59. The zero-order chi connectivity index (χ0) is 19.7. The third-order valence-corrected chi connectivity index (χ3v) is 5.34. The lowest BCUT2D eigenvalue weighted by Crippen LogP contribution is -2.21. The van der Waals surface area contributed by atoms with Crippen molar-refractivity contribution in [1.29, 1.82) is 0 Å². The normalized spacial score (nSPS) is 15.3. The van der Waals surface area contributed by atoms with Crippen LogP contribution in [0, 0.1) is 3.57 Å². The summed E-state index contributed by atoms with van der Waals surface area (Å²) in [5.41, 5.74) is 2.93. The van der Waals surface area contributed by atoms with Crippen LogP contribution in [0.3, 0.4) is 0 Å². The molecule has 0 saturated heterocycles. The predicted octanol–water partition coefficient (Wildman–Crippen LogP) is 3.96. The van der Waals surface area contributed by atoms with Gasteiger partial charge < -0.3 is 19.5 Å². The average molecular weight is 490 g/mol. The van der Waals surface area contributed by atoms with E-state index in [9.17, 15) is 0 Å². The molecular weight excluding hydrogens is 471 g/mol. The molecule has 1 aliphatic heterocycles. The number of halogens is 1. The van der Waals surface area contributed by atoms with Crippen molar-refractivity contribution in [3.8, 4) is 17.2 Å². The van der Waals surface area contributed by atoms with E-state index in [0.717, 1.165) is 16.8 Å². The van der Waals surface area contributed by atoms with Crippen LogP contribution in [-0.4, -0.2) is 36.1 Å². The van der Waals surface area contributed by atoms with Crippen LogP contribution in [0.5, 0.6) is 17.2 Å². The minimum atomic E-state index is -0.220. The highest BCUT2D eigenvalue weighted by Gasteiger charge is 2.28. The van der Waals surface area contributed by atoms with Crippen molar-refractivity contribution in [1.82, 2.24) is 14.8 Å². The molecule has 1 N–H and O–H groups in total. The Morgan fingerprint density at radius 3 is 2.39 bits per heavy atom. The Morgan fingerprint density at radius 1 is 0.964 bits per heavy atom. The Bertz CT molecular complexity index is 1030. The molecule has 1 aromatic heterocycles. The zero-order valence-electron chi connectivity index (χ0n) is 15.6. The molecule has 3 aromatic rings.